The molecule has 0 N–H and O–H groups in total. The van der Waals surface area contributed by atoms with Crippen LogP contribution in [0.25, 0.3) is 5.69 Å². The Bertz CT molecular complexity index is 1330. The summed E-state index contributed by atoms with van der Waals surface area (Å²) in [5.41, 5.74) is 1.22. The Morgan fingerprint density at radius 2 is 1.56 bits per heavy atom. The van der Waals surface area contributed by atoms with Gasteiger partial charge in [0.05, 0.1) is 5.69 Å². The monoisotopic (exact) mass is 454 g/mol. The predicted octanol–water partition coefficient (Wildman–Crippen LogP) is 4.38. The maximum absolute atomic E-state index is 13.3. The average molecular weight is 455 g/mol. The van der Waals surface area contributed by atoms with Crippen molar-refractivity contribution in [2.45, 2.75) is 18.8 Å². The van der Waals surface area contributed by atoms with E-state index in [0.29, 0.717) is 30.2 Å². The third-order valence-corrected chi connectivity index (χ3v) is 6.12. The summed E-state index contributed by atoms with van der Waals surface area (Å²) in [6, 6.07) is 26.3. The molecule has 1 unspecified atom stereocenters. The van der Waals surface area contributed by atoms with Gasteiger partial charge in [-0.25, -0.2) is 14.0 Å². The third-order valence-electron chi connectivity index (χ3n) is 6.12. The number of carbonyl (C=O) groups excluding carboxylic acids is 1. The van der Waals surface area contributed by atoms with E-state index in [1.807, 2.05) is 77.7 Å². The first-order chi connectivity index (χ1) is 16.6. The molecule has 1 amide bonds. The number of ether oxygens (including phenoxy) is 1. The van der Waals surface area contributed by atoms with Crippen LogP contribution >= 0.6 is 0 Å². The number of likely N-dealkylation sites (tertiary alicyclic amines) is 1. The Labute approximate surface area is 197 Å². The largest absolute Gasteiger partial charge is 0.457 e. The lowest BCUT2D eigenvalue weighted by Crippen LogP contribution is -2.40. The van der Waals surface area contributed by atoms with Gasteiger partial charge in [0.1, 0.15) is 17.3 Å². The van der Waals surface area contributed by atoms with E-state index in [2.05, 4.69) is 5.10 Å². The van der Waals surface area contributed by atoms with Crippen molar-refractivity contribution in [2.75, 3.05) is 13.1 Å². The smallest absolute Gasteiger partial charge is 0.350 e. The molecular formula is C27H26N4O3. The van der Waals surface area contributed by atoms with Crippen LogP contribution in [0, 0.1) is 0 Å². The number of rotatable bonds is 5. The molecule has 0 aliphatic carbocycles. The molecule has 7 nitrogen and oxygen atoms in total. The van der Waals surface area contributed by atoms with Crippen molar-refractivity contribution in [3.63, 3.8) is 0 Å². The van der Waals surface area contributed by atoms with E-state index in [0.717, 1.165) is 24.3 Å². The zero-order chi connectivity index (χ0) is 23.5. The van der Waals surface area contributed by atoms with Crippen LogP contribution in [0.5, 0.6) is 11.5 Å². The number of carbonyl (C=O) groups is 1. The number of benzene rings is 3. The normalized spacial score (nSPS) is 15.8. The fraction of sp³-hybridized carbons (Fsp3) is 0.222. The summed E-state index contributed by atoms with van der Waals surface area (Å²) in [6.07, 6.45) is 1.72. The summed E-state index contributed by atoms with van der Waals surface area (Å²) in [6.45, 7) is 1.20. The zero-order valence-corrected chi connectivity index (χ0v) is 19.0. The van der Waals surface area contributed by atoms with Gasteiger partial charge in [-0.05, 0) is 61.4 Å². The van der Waals surface area contributed by atoms with Gasteiger partial charge in [0, 0.05) is 31.6 Å². The Morgan fingerprint density at radius 3 is 2.26 bits per heavy atom. The molecule has 2 heterocycles. The highest BCUT2D eigenvalue weighted by molar-refractivity contribution is 5.94. The molecule has 4 aromatic rings. The summed E-state index contributed by atoms with van der Waals surface area (Å²) in [4.78, 5) is 27.9. The van der Waals surface area contributed by atoms with Crippen molar-refractivity contribution in [3.8, 4) is 17.2 Å². The van der Waals surface area contributed by atoms with Crippen molar-refractivity contribution >= 4 is 5.91 Å². The number of para-hydroxylation sites is 2. The summed E-state index contributed by atoms with van der Waals surface area (Å²) in [7, 11) is 1.66. The van der Waals surface area contributed by atoms with Crippen LogP contribution in [0.1, 0.15) is 34.9 Å². The number of amides is 1. The van der Waals surface area contributed by atoms with Crippen LogP contribution in [0.2, 0.25) is 0 Å². The molecule has 0 bridgehead atoms. The van der Waals surface area contributed by atoms with Crippen LogP contribution in [0.4, 0.5) is 0 Å². The van der Waals surface area contributed by atoms with Crippen LogP contribution < -0.4 is 10.4 Å². The number of aryl methyl sites for hydroxylation is 1. The number of nitrogens with zero attached hydrogens (tertiary/aromatic N) is 4. The standard InChI is InChI=1S/C27H26N4O3/c1-29-27(33)31(22-10-4-2-5-11-22)25(28-29)21-9-8-18-30(19-21)26(32)20-14-16-24(17-15-20)34-23-12-6-3-7-13-23/h2-7,10-17,21H,8-9,18-19H2,1H3. The van der Waals surface area contributed by atoms with Gasteiger partial charge in [0.25, 0.3) is 5.91 Å². The lowest BCUT2D eigenvalue weighted by molar-refractivity contribution is 0.0704. The van der Waals surface area contributed by atoms with Gasteiger partial charge < -0.3 is 9.64 Å². The van der Waals surface area contributed by atoms with E-state index in [9.17, 15) is 9.59 Å². The van der Waals surface area contributed by atoms with Crippen molar-refractivity contribution in [2.24, 2.45) is 7.05 Å². The highest BCUT2D eigenvalue weighted by Crippen LogP contribution is 2.28. The molecule has 3 aromatic carbocycles. The average Bonchev–Trinajstić information content (AvgIpc) is 3.19. The molecule has 0 radical (unpaired) electrons. The Hall–Kier alpha value is -4.13. The fourth-order valence-corrected chi connectivity index (χ4v) is 4.41. The molecule has 5 rings (SSSR count). The van der Waals surface area contributed by atoms with E-state index in [1.54, 1.807) is 23.7 Å². The molecule has 7 heteroatoms. The molecule has 0 saturated carbocycles. The minimum absolute atomic E-state index is 0.0208. The predicted molar refractivity (Wildman–Crippen MR) is 130 cm³/mol. The van der Waals surface area contributed by atoms with E-state index in [4.69, 9.17) is 4.74 Å². The van der Waals surface area contributed by atoms with Crippen molar-refractivity contribution in [1.29, 1.82) is 0 Å². The molecule has 1 fully saturated rings. The first kappa shape index (κ1) is 21.7. The number of hydrogen-bond donors (Lipinski definition) is 0. The highest BCUT2D eigenvalue weighted by atomic mass is 16.5. The summed E-state index contributed by atoms with van der Waals surface area (Å²) in [5, 5.41) is 4.54. The summed E-state index contributed by atoms with van der Waals surface area (Å²) < 4.78 is 8.87. The summed E-state index contributed by atoms with van der Waals surface area (Å²) >= 11 is 0. The van der Waals surface area contributed by atoms with Crippen molar-refractivity contribution in [3.05, 3.63) is 107 Å². The quantitative estimate of drug-likeness (QED) is 0.449. The minimum Gasteiger partial charge on any atom is -0.457 e. The molecule has 1 aliphatic rings. The highest BCUT2D eigenvalue weighted by Gasteiger charge is 2.30. The van der Waals surface area contributed by atoms with Crippen LogP contribution in [-0.2, 0) is 7.05 Å². The number of piperidine rings is 1. The van der Waals surface area contributed by atoms with Gasteiger partial charge in [0.2, 0.25) is 0 Å². The molecule has 34 heavy (non-hydrogen) atoms. The van der Waals surface area contributed by atoms with Gasteiger partial charge in [-0.3, -0.25) is 4.79 Å². The topological polar surface area (TPSA) is 69.4 Å². The molecule has 172 valence electrons. The maximum atomic E-state index is 13.3. The van der Waals surface area contributed by atoms with Crippen LogP contribution in [0.15, 0.2) is 89.7 Å². The second kappa shape index (κ2) is 9.39. The second-order valence-electron chi connectivity index (χ2n) is 8.47. The maximum Gasteiger partial charge on any atom is 0.350 e. The van der Waals surface area contributed by atoms with E-state index < -0.39 is 0 Å². The number of aromatic nitrogens is 3. The van der Waals surface area contributed by atoms with Gasteiger partial charge >= 0.3 is 5.69 Å². The van der Waals surface area contributed by atoms with Crippen molar-refractivity contribution < 1.29 is 9.53 Å². The molecular weight excluding hydrogens is 428 g/mol. The third kappa shape index (κ3) is 4.37. The van der Waals surface area contributed by atoms with Gasteiger partial charge in [-0.1, -0.05) is 36.4 Å². The Balaban J connectivity index is 1.34. The SMILES string of the molecule is Cn1nc(C2CCCN(C(=O)c3ccc(Oc4ccccc4)cc3)C2)n(-c2ccccc2)c1=O. The van der Waals surface area contributed by atoms with Crippen LogP contribution in [-0.4, -0.2) is 38.2 Å². The van der Waals surface area contributed by atoms with Crippen LogP contribution in [0.3, 0.4) is 0 Å². The number of hydrogen-bond acceptors (Lipinski definition) is 4. The molecule has 0 spiro atoms. The van der Waals surface area contributed by atoms with Gasteiger partial charge in [0.15, 0.2) is 0 Å². The lowest BCUT2D eigenvalue weighted by Gasteiger charge is -2.32. The van der Waals surface area contributed by atoms with Gasteiger partial charge in [-0.2, -0.15) is 5.10 Å². The summed E-state index contributed by atoms with van der Waals surface area (Å²) in [5.74, 6) is 2.08. The lowest BCUT2D eigenvalue weighted by atomic mass is 9.96. The first-order valence-electron chi connectivity index (χ1n) is 11.4. The van der Waals surface area contributed by atoms with Gasteiger partial charge in [-0.15, -0.1) is 0 Å². The second-order valence-corrected chi connectivity index (χ2v) is 8.47. The van der Waals surface area contributed by atoms with E-state index in [-0.39, 0.29) is 17.5 Å². The molecule has 1 atom stereocenters. The fourth-order valence-electron chi connectivity index (χ4n) is 4.41. The van der Waals surface area contributed by atoms with E-state index >= 15 is 0 Å². The zero-order valence-electron chi connectivity index (χ0n) is 19.0. The first-order valence-corrected chi connectivity index (χ1v) is 11.4. The molecule has 1 aromatic heterocycles. The Kier molecular flexibility index (Phi) is 5.99. The Morgan fingerprint density at radius 1 is 0.912 bits per heavy atom. The minimum atomic E-state index is -0.182. The van der Waals surface area contributed by atoms with Crippen molar-refractivity contribution in [1.82, 2.24) is 19.2 Å². The molecule has 1 saturated heterocycles. The molecule has 1 aliphatic heterocycles. The van der Waals surface area contributed by atoms with E-state index in [1.165, 1.54) is 4.68 Å².